The molecule has 44 heavy (non-hydrogen) atoms. The highest BCUT2D eigenvalue weighted by molar-refractivity contribution is 5.89. The second kappa shape index (κ2) is 11.2. The van der Waals surface area contributed by atoms with Crippen molar-refractivity contribution in [3.05, 3.63) is 65.3 Å². The van der Waals surface area contributed by atoms with E-state index in [1.165, 1.54) is 23.3 Å². The van der Waals surface area contributed by atoms with Crippen LogP contribution in [0.25, 0.3) is 0 Å². The zero-order chi connectivity index (χ0) is 32.4. The molecule has 0 spiro atoms. The first-order valence-corrected chi connectivity index (χ1v) is 16.5. The number of aliphatic hydroxyl groups excluding tert-OH is 1. The van der Waals surface area contributed by atoms with Crippen molar-refractivity contribution in [1.82, 2.24) is 0 Å². The predicted octanol–water partition coefficient (Wildman–Crippen LogP) is 8.11. The number of carboxylic acids is 1. The highest BCUT2D eigenvalue weighted by Crippen LogP contribution is 2.72. The van der Waals surface area contributed by atoms with Gasteiger partial charge in [-0.3, -0.25) is 4.79 Å². The second-order valence-electron chi connectivity index (χ2n) is 15.8. The lowest BCUT2D eigenvalue weighted by atomic mass is 9.44. The molecule has 4 aliphatic carbocycles. The minimum absolute atomic E-state index is 0.113. The van der Waals surface area contributed by atoms with E-state index >= 15 is 0 Å². The minimum atomic E-state index is -0.822. The lowest BCUT2D eigenvalue weighted by molar-refractivity contribution is -0.148. The first-order chi connectivity index (χ1) is 20.5. The van der Waals surface area contributed by atoms with Crippen LogP contribution < -0.4 is 0 Å². The fourth-order valence-corrected chi connectivity index (χ4v) is 9.90. The van der Waals surface area contributed by atoms with Gasteiger partial charge in [0.05, 0.1) is 17.6 Å². The van der Waals surface area contributed by atoms with Crippen LogP contribution in [-0.2, 0) is 9.53 Å². The Hall–Kier alpha value is -2.86. The summed E-state index contributed by atoms with van der Waals surface area (Å²) in [5, 5.41) is 31.7. The van der Waals surface area contributed by atoms with E-state index in [1.54, 1.807) is 12.1 Å². The first-order valence-electron chi connectivity index (χ1n) is 16.5. The first kappa shape index (κ1) is 32.5. The number of hydrogen-bond acceptors (Lipinski definition) is 5. The van der Waals surface area contributed by atoms with Crippen molar-refractivity contribution in [2.45, 2.75) is 106 Å². The van der Waals surface area contributed by atoms with Crippen LogP contribution in [0.4, 0.5) is 0 Å². The lowest BCUT2D eigenvalue weighted by Crippen LogP contribution is -2.55. The van der Waals surface area contributed by atoms with E-state index in [0.29, 0.717) is 30.7 Å². The summed E-state index contributed by atoms with van der Waals surface area (Å²) in [6.07, 6.45) is 8.71. The Labute approximate surface area is 263 Å². The van der Waals surface area contributed by atoms with Crippen LogP contribution in [0.1, 0.15) is 104 Å². The number of phenols is 1. The number of allylic oxidation sites excluding steroid dienone is 5. The molecule has 0 saturated heterocycles. The molecule has 5 rings (SSSR count). The van der Waals surface area contributed by atoms with E-state index in [2.05, 4.69) is 67.2 Å². The molecule has 2 saturated carbocycles. The van der Waals surface area contributed by atoms with Crippen molar-refractivity contribution in [3.8, 4) is 5.75 Å². The number of fused-ring (bicyclic) bond motifs is 5. The molecule has 4 aliphatic rings. The Balaban J connectivity index is 1.43. The smallest absolute Gasteiger partial charge is 0.338 e. The summed E-state index contributed by atoms with van der Waals surface area (Å²) in [4.78, 5) is 25.8. The van der Waals surface area contributed by atoms with Crippen LogP contribution in [0.15, 0.2) is 59.7 Å². The standard InChI is InChI=1S/C38H52O6/c1-22(2)23(3)9-14-26(33(41)42)32-29(40)21-38(8)28-15-16-30-35(4,5)31(44-34(43)24-10-12-25(39)13-11-24)18-19-36(30,6)27(28)17-20-37(32,38)7/h10-13,15,17,22,26,29-32,39-40H,3,9,14,16,18-21H2,1-2,4-8H3,(H,41,42)/t26?,29-,30+,31+,32+,36-,37-,38+/m1/s1. The number of carbonyl (C=O) groups is 2. The second-order valence-corrected chi connectivity index (χ2v) is 15.8. The van der Waals surface area contributed by atoms with E-state index in [4.69, 9.17) is 4.74 Å². The summed E-state index contributed by atoms with van der Waals surface area (Å²) in [6, 6.07) is 6.19. The number of carboxylic acid groups (broad SMARTS) is 1. The molecule has 8 atom stereocenters. The highest BCUT2D eigenvalue weighted by atomic mass is 16.5. The normalized spacial score (nSPS) is 36.3. The molecule has 6 nitrogen and oxygen atoms in total. The molecular formula is C38H52O6. The molecule has 1 unspecified atom stereocenters. The maximum atomic E-state index is 13.1. The topological polar surface area (TPSA) is 104 Å². The van der Waals surface area contributed by atoms with Gasteiger partial charge >= 0.3 is 11.9 Å². The van der Waals surface area contributed by atoms with Crippen molar-refractivity contribution < 1.29 is 29.6 Å². The molecule has 6 heteroatoms. The fourth-order valence-electron chi connectivity index (χ4n) is 9.90. The summed E-state index contributed by atoms with van der Waals surface area (Å²) < 4.78 is 6.14. The van der Waals surface area contributed by atoms with E-state index < -0.39 is 18.0 Å². The lowest BCUT2D eigenvalue weighted by Gasteiger charge is -2.61. The number of phenolic OH excluding ortho intramolecular Hbond substituents is 1. The summed E-state index contributed by atoms with van der Waals surface area (Å²) in [7, 11) is 0. The molecule has 1 aromatic rings. The Bertz CT molecular complexity index is 1380. The van der Waals surface area contributed by atoms with Crippen LogP contribution in [0.2, 0.25) is 0 Å². The molecular weight excluding hydrogens is 552 g/mol. The summed E-state index contributed by atoms with van der Waals surface area (Å²) >= 11 is 0. The van der Waals surface area contributed by atoms with Crippen molar-refractivity contribution in [2.75, 3.05) is 0 Å². The number of aromatic hydroxyl groups is 1. The third-order valence-electron chi connectivity index (χ3n) is 12.9. The average Bonchev–Trinajstić information content (AvgIpc) is 3.15. The van der Waals surface area contributed by atoms with E-state index in [1.807, 2.05) is 0 Å². The fraction of sp³-hybridized carbons (Fsp3) is 0.632. The number of aliphatic hydroxyl groups is 1. The molecule has 0 amide bonds. The van der Waals surface area contributed by atoms with Gasteiger partial charge in [0.2, 0.25) is 0 Å². The zero-order valence-corrected chi connectivity index (χ0v) is 27.7. The Morgan fingerprint density at radius 1 is 1.05 bits per heavy atom. The van der Waals surface area contributed by atoms with Gasteiger partial charge in [-0.25, -0.2) is 4.79 Å². The van der Waals surface area contributed by atoms with Gasteiger partial charge in [0.25, 0.3) is 0 Å². The molecule has 0 heterocycles. The maximum absolute atomic E-state index is 13.1. The average molecular weight is 605 g/mol. The van der Waals surface area contributed by atoms with Gasteiger partial charge in [0, 0.05) is 16.7 Å². The Morgan fingerprint density at radius 2 is 1.70 bits per heavy atom. The quantitative estimate of drug-likeness (QED) is 0.205. The number of aliphatic carboxylic acids is 1. The monoisotopic (exact) mass is 604 g/mol. The van der Waals surface area contributed by atoms with Crippen LogP contribution in [-0.4, -0.2) is 39.5 Å². The number of ether oxygens (including phenoxy) is 1. The number of rotatable bonds is 8. The highest BCUT2D eigenvalue weighted by Gasteiger charge is 2.66. The van der Waals surface area contributed by atoms with Crippen molar-refractivity contribution >= 4 is 11.9 Å². The summed E-state index contributed by atoms with van der Waals surface area (Å²) in [6.45, 7) is 19.6. The van der Waals surface area contributed by atoms with Crippen molar-refractivity contribution in [3.63, 3.8) is 0 Å². The number of carbonyl (C=O) groups excluding carboxylic acids is 1. The molecule has 240 valence electrons. The van der Waals surface area contributed by atoms with Crippen LogP contribution in [0.5, 0.6) is 5.75 Å². The van der Waals surface area contributed by atoms with Crippen LogP contribution in [0, 0.1) is 45.3 Å². The zero-order valence-electron chi connectivity index (χ0n) is 27.7. The third kappa shape index (κ3) is 4.96. The molecule has 3 N–H and O–H groups in total. The summed E-state index contributed by atoms with van der Waals surface area (Å²) in [5.41, 5.74) is 2.99. The van der Waals surface area contributed by atoms with Gasteiger partial charge < -0.3 is 20.1 Å². The van der Waals surface area contributed by atoms with Gasteiger partial charge in [-0.05, 0) is 103 Å². The molecule has 2 fully saturated rings. The number of hydrogen-bond donors (Lipinski definition) is 3. The minimum Gasteiger partial charge on any atom is -0.508 e. The molecule has 0 aromatic heterocycles. The van der Waals surface area contributed by atoms with Gasteiger partial charge in [-0.2, -0.15) is 0 Å². The predicted molar refractivity (Wildman–Crippen MR) is 172 cm³/mol. The van der Waals surface area contributed by atoms with E-state index in [9.17, 15) is 24.9 Å². The van der Waals surface area contributed by atoms with Crippen LogP contribution >= 0.6 is 0 Å². The van der Waals surface area contributed by atoms with Gasteiger partial charge in [-0.1, -0.05) is 72.8 Å². The Morgan fingerprint density at radius 3 is 2.32 bits per heavy atom. The summed E-state index contributed by atoms with van der Waals surface area (Å²) in [5.74, 6) is -1.50. The molecule has 0 radical (unpaired) electrons. The Kier molecular flexibility index (Phi) is 8.27. The third-order valence-corrected chi connectivity index (χ3v) is 12.9. The van der Waals surface area contributed by atoms with Gasteiger partial charge in [0.15, 0.2) is 0 Å². The number of esters is 1. The largest absolute Gasteiger partial charge is 0.508 e. The molecule has 1 aromatic carbocycles. The molecule has 0 aliphatic heterocycles. The van der Waals surface area contributed by atoms with E-state index in [0.717, 1.165) is 31.3 Å². The van der Waals surface area contributed by atoms with Gasteiger partial charge in [-0.15, -0.1) is 0 Å². The number of benzene rings is 1. The van der Waals surface area contributed by atoms with Crippen molar-refractivity contribution in [1.29, 1.82) is 0 Å². The maximum Gasteiger partial charge on any atom is 0.338 e. The van der Waals surface area contributed by atoms with Crippen molar-refractivity contribution in [2.24, 2.45) is 45.3 Å². The van der Waals surface area contributed by atoms with E-state index in [-0.39, 0.29) is 51.3 Å². The molecule has 0 bridgehead atoms. The van der Waals surface area contributed by atoms with Crippen LogP contribution in [0.3, 0.4) is 0 Å². The van der Waals surface area contributed by atoms with Gasteiger partial charge in [0.1, 0.15) is 11.9 Å². The SMILES string of the molecule is C=C(CCC(C(=O)O)[C@H]1[C@H](O)C[C@@]2(C)C3=CC[C@H]4C(C)(C)[C@@H](OC(=O)c5ccc(O)cc5)CC[C@]4(C)C3=CC[C@]12C)C(C)C.